The third-order valence-electron chi connectivity index (χ3n) is 4.66. The Morgan fingerprint density at radius 2 is 2.15 bits per heavy atom. The molecule has 26 heavy (non-hydrogen) atoms. The number of hydrogen-bond donors (Lipinski definition) is 0. The summed E-state index contributed by atoms with van der Waals surface area (Å²) in [6.45, 7) is 5.63. The molecule has 0 N–H and O–H groups in total. The van der Waals surface area contributed by atoms with E-state index >= 15 is 0 Å². The van der Waals surface area contributed by atoms with E-state index in [1.807, 2.05) is 11.0 Å². The number of amides is 1. The van der Waals surface area contributed by atoms with Gasteiger partial charge in [-0.3, -0.25) is 4.79 Å². The van der Waals surface area contributed by atoms with Gasteiger partial charge in [0.2, 0.25) is 11.1 Å². The monoisotopic (exact) mass is 385 g/mol. The molecule has 0 fully saturated rings. The van der Waals surface area contributed by atoms with Crippen LogP contribution in [-0.4, -0.2) is 43.3 Å². The maximum atomic E-state index is 12.6. The number of fused-ring (bicyclic) bond motifs is 1. The summed E-state index contributed by atoms with van der Waals surface area (Å²) in [6.07, 6.45) is 0.948. The van der Waals surface area contributed by atoms with E-state index in [0.29, 0.717) is 17.5 Å². The predicted molar refractivity (Wildman–Crippen MR) is 103 cm³/mol. The Labute approximate surface area is 160 Å². The van der Waals surface area contributed by atoms with Crippen molar-refractivity contribution in [2.75, 3.05) is 12.3 Å². The third-order valence-corrected chi connectivity index (χ3v) is 6.59. The number of carbonyl (C=O) groups is 1. The molecule has 0 saturated carbocycles. The molecule has 8 heteroatoms. The summed E-state index contributed by atoms with van der Waals surface area (Å²) < 4.78 is 1.69. The van der Waals surface area contributed by atoms with Crippen LogP contribution >= 0.6 is 23.1 Å². The summed E-state index contributed by atoms with van der Waals surface area (Å²) in [6, 6.07) is 8.22. The topological polar surface area (TPSA) is 63.9 Å². The van der Waals surface area contributed by atoms with Crippen LogP contribution in [0.25, 0.3) is 5.69 Å². The highest BCUT2D eigenvalue weighted by Gasteiger charge is 2.22. The minimum atomic E-state index is 0.126. The van der Waals surface area contributed by atoms with E-state index in [4.69, 9.17) is 0 Å². The fourth-order valence-corrected chi connectivity index (χ4v) is 4.65. The molecule has 0 saturated heterocycles. The first-order chi connectivity index (χ1) is 12.6. The Bertz CT molecular complexity index is 949. The van der Waals surface area contributed by atoms with Gasteiger partial charge >= 0.3 is 0 Å². The van der Waals surface area contributed by atoms with Gasteiger partial charge in [0, 0.05) is 18.0 Å². The highest BCUT2D eigenvalue weighted by Crippen LogP contribution is 2.25. The molecule has 0 atom stereocenters. The van der Waals surface area contributed by atoms with Crippen molar-refractivity contribution in [2.45, 2.75) is 32.0 Å². The average molecular weight is 386 g/mol. The fraction of sp³-hybridized carbons (Fsp3) is 0.333. The van der Waals surface area contributed by atoms with E-state index in [-0.39, 0.29) is 5.91 Å². The maximum Gasteiger partial charge on any atom is 0.233 e. The smallest absolute Gasteiger partial charge is 0.233 e. The lowest BCUT2D eigenvalue weighted by atomic mass is 10.1. The lowest BCUT2D eigenvalue weighted by molar-refractivity contribution is -0.129. The molecule has 0 bridgehead atoms. The Morgan fingerprint density at radius 1 is 1.27 bits per heavy atom. The van der Waals surface area contributed by atoms with Crippen molar-refractivity contribution in [1.82, 2.24) is 25.1 Å². The lowest BCUT2D eigenvalue weighted by Gasteiger charge is -2.26. The summed E-state index contributed by atoms with van der Waals surface area (Å²) in [5.41, 5.74) is 4.60. The number of carbonyl (C=O) groups excluding carboxylic acids is 1. The number of tetrazole rings is 1. The third kappa shape index (κ3) is 3.39. The lowest BCUT2D eigenvalue weighted by Crippen LogP contribution is -2.36. The molecule has 1 aliphatic rings. The molecule has 3 heterocycles. The van der Waals surface area contributed by atoms with E-state index in [9.17, 15) is 4.79 Å². The molecule has 3 aromatic rings. The molecule has 0 radical (unpaired) electrons. The molecule has 1 aromatic carbocycles. The van der Waals surface area contributed by atoms with Crippen molar-refractivity contribution in [2.24, 2.45) is 0 Å². The zero-order valence-electron chi connectivity index (χ0n) is 14.7. The Hall–Kier alpha value is -2.19. The van der Waals surface area contributed by atoms with Crippen LogP contribution in [-0.2, 0) is 17.8 Å². The van der Waals surface area contributed by atoms with Crippen LogP contribution < -0.4 is 0 Å². The summed E-state index contributed by atoms with van der Waals surface area (Å²) >= 11 is 3.16. The first-order valence-corrected chi connectivity index (χ1v) is 10.3. The quantitative estimate of drug-likeness (QED) is 0.646. The van der Waals surface area contributed by atoms with Gasteiger partial charge in [-0.15, -0.1) is 16.4 Å². The molecular weight excluding hydrogens is 366 g/mol. The Morgan fingerprint density at radius 3 is 3.00 bits per heavy atom. The molecule has 0 unspecified atom stereocenters. The number of aromatic nitrogens is 4. The Kier molecular flexibility index (Phi) is 4.78. The van der Waals surface area contributed by atoms with Gasteiger partial charge in [0.15, 0.2) is 0 Å². The zero-order chi connectivity index (χ0) is 18.1. The van der Waals surface area contributed by atoms with Gasteiger partial charge in [0.25, 0.3) is 0 Å². The van der Waals surface area contributed by atoms with Crippen LogP contribution in [0, 0.1) is 13.8 Å². The summed E-state index contributed by atoms with van der Waals surface area (Å²) in [4.78, 5) is 15.9. The van der Waals surface area contributed by atoms with Crippen molar-refractivity contribution in [3.05, 3.63) is 51.2 Å². The number of nitrogens with zero attached hydrogens (tertiary/aromatic N) is 5. The minimum absolute atomic E-state index is 0.126. The van der Waals surface area contributed by atoms with Crippen LogP contribution in [0.15, 0.2) is 34.8 Å². The molecule has 4 rings (SSSR count). The van der Waals surface area contributed by atoms with Crippen LogP contribution in [0.1, 0.15) is 21.6 Å². The van der Waals surface area contributed by atoms with Gasteiger partial charge in [0.1, 0.15) is 0 Å². The van der Waals surface area contributed by atoms with Crippen molar-refractivity contribution < 1.29 is 4.79 Å². The van der Waals surface area contributed by atoms with Crippen molar-refractivity contribution >= 4 is 29.0 Å². The molecule has 2 aromatic heterocycles. The first kappa shape index (κ1) is 17.2. The van der Waals surface area contributed by atoms with E-state index in [1.54, 1.807) is 16.0 Å². The van der Waals surface area contributed by atoms with E-state index in [0.717, 1.165) is 18.7 Å². The van der Waals surface area contributed by atoms with Crippen molar-refractivity contribution in [3.63, 3.8) is 0 Å². The molecular formula is C18H19N5OS2. The van der Waals surface area contributed by atoms with Gasteiger partial charge < -0.3 is 4.90 Å². The van der Waals surface area contributed by atoms with Crippen LogP contribution in [0.2, 0.25) is 0 Å². The van der Waals surface area contributed by atoms with Gasteiger partial charge in [-0.2, -0.15) is 4.68 Å². The van der Waals surface area contributed by atoms with Crippen molar-refractivity contribution in [1.29, 1.82) is 0 Å². The average Bonchev–Trinajstić information content (AvgIpc) is 3.30. The predicted octanol–water partition coefficient (Wildman–Crippen LogP) is 3.02. The normalized spacial score (nSPS) is 13.7. The first-order valence-electron chi connectivity index (χ1n) is 8.43. The largest absolute Gasteiger partial charge is 0.337 e. The molecule has 0 spiro atoms. The van der Waals surface area contributed by atoms with E-state index < -0.39 is 0 Å². The Balaban J connectivity index is 1.43. The zero-order valence-corrected chi connectivity index (χ0v) is 16.3. The molecule has 6 nitrogen and oxygen atoms in total. The number of hydrogen-bond acceptors (Lipinski definition) is 6. The fourth-order valence-electron chi connectivity index (χ4n) is 2.97. The molecule has 0 aliphatic carbocycles. The van der Waals surface area contributed by atoms with Crippen LogP contribution in [0.4, 0.5) is 0 Å². The number of aryl methyl sites for hydroxylation is 2. The number of benzene rings is 1. The number of thiophene rings is 1. The SMILES string of the molecule is Cc1ccc(-n2nnnc2SCC(=O)N2CCc3sccc3C2)cc1C. The highest BCUT2D eigenvalue weighted by atomic mass is 32.2. The van der Waals surface area contributed by atoms with Crippen molar-refractivity contribution in [3.8, 4) is 5.69 Å². The van der Waals surface area contributed by atoms with Gasteiger partial charge in [-0.05, 0) is 71.0 Å². The second kappa shape index (κ2) is 7.20. The summed E-state index contributed by atoms with van der Waals surface area (Å²) in [7, 11) is 0. The number of rotatable bonds is 4. The summed E-state index contributed by atoms with van der Waals surface area (Å²) in [5, 5.41) is 14.7. The van der Waals surface area contributed by atoms with Gasteiger partial charge in [-0.25, -0.2) is 0 Å². The molecule has 1 aliphatic heterocycles. The van der Waals surface area contributed by atoms with Crippen LogP contribution in [0.3, 0.4) is 0 Å². The van der Waals surface area contributed by atoms with E-state index in [2.05, 4.69) is 53.0 Å². The van der Waals surface area contributed by atoms with E-state index in [1.165, 1.54) is 33.3 Å². The molecule has 134 valence electrons. The second-order valence-electron chi connectivity index (χ2n) is 6.36. The standard InChI is InChI=1S/C18H19N5OS2/c1-12-3-4-15(9-13(12)2)23-18(19-20-21-23)26-11-17(24)22-7-5-16-14(10-22)6-8-25-16/h3-4,6,8-9H,5,7,10-11H2,1-2H3. The van der Waals surface area contributed by atoms with Gasteiger partial charge in [-0.1, -0.05) is 17.8 Å². The van der Waals surface area contributed by atoms with Crippen LogP contribution in [0.5, 0.6) is 0 Å². The maximum absolute atomic E-state index is 12.6. The second-order valence-corrected chi connectivity index (χ2v) is 8.31. The van der Waals surface area contributed by atoms with Gasteiger partial charge in [0.05, 0.1) is 11.4 Å². The minimum Gasteiger partial charge on any atom is -0.337 e. The molecule has 1 amide bonds. The number of thioether (sulfide) groups is 1. The highest BCUT2D eigenvalue weighted by molar-refractivity contribution is 7.99. The summed E-state index contributed by atoms with van der Waals surface area (Å²) in [5.74, 6) is 0.464.